The standard InChI is InChI=1S/C12H17N3OS/c13-12(17)11-10(3-1-4-14-11)9-15-5-2-7-16-8-6-15/h1,3-4H,2,5-9H2,(H2,13,17). The third-order valence-corrected chi connectivity index (χ3v) is 3.03. The molecule has 0 aliphatic carbocycles. The summed E-state index contributed by atoms with van der Waals surface area (Å²) in [6.45, 7) is 4.48. The van der Waals surface area contributed by atoms with Gasteiger partial charge in [-0.05, 0) is 18.1 Å². The van der Waals surface area contributed by atoms with Crippen LogP contribution in [0.1, 0.15) is 17.7 Å². The van der Waals surface area contributed by atoms with Crippen molar-refractivity contribution in [2.75, 3.05) is 26.3 Å². The van der Waals surface area contributed by atoms with Gasteiger partial charge in [-0.15, -0.1) is 0 Å². The van der Waals surface area contributed by atoms with Crippen molar-refractivity contribution < 1.29 is 4.74 Å². The number of rotatable bonds is 3. The van der Waals surface area contributed by atoms with Crippen LogP contribution < -0.4 is 5.73 Å². The summed E-state index contributed by atoms with van der Waals surface area (Å²) >= 11 is 5.02. The summed E-state index contributed by atoms with van der Waals surface area (Å²) in [6, 6.07) is 3.96. The molecule has 0 radical (unpaired) electrons. The fourth-order valence-electron chi connectivity index (χ4n) is 1.98. The topological polar surface area (TPSA) is 51.4 Å². The van der Waals surface area contributed by atoms with Crippen LogP contribution in [0.3, 0.4) is 0 Å². The number of ether oxygens (including phenoxy) is 1. The number of nitrogens with zero attached hydrogens (tertiary/aromatic N) is 2. The molecule has 0 bridgehead atoms. The van der Waals surface area contributed by atoms with E-state index in [-0.39, 0.29) is 0 Å². The van der Waals surface area contributed by atoms with Crippen molar-refractivity contribution >= 4 is 17.2 Å². The minimum atomic E-state index is 0.367. The van der Waals surface area contributed by atoms with Crippen LogP contribution in [0.25, 0.3) is 0 Å². The van der Waals surface area contributed by atoms with E-state index in [4.69, 9.17) is 22.7 Å². The van der Waals surface area contributed by atoms with Gasteiger partial charge in [-0.25, -0.2) is 0 Å². The summed E-state index contributed by atoms with van der Waals surface area (Å²) in [5.41, 5.74) is 7.52. The molecule has 1 aliphatic heterocycles. The molecule has 92 valence electrons. The van der Waals surface area contributed by atoms with Crippen molar-refractivity contribution in [1.29, 1.82) is 0 Å². The van der Waals surface area contributed by atoms with Gasteiger partial charge in [0.05, 0.1) is 6.61 Å². The van der Waals surface area contributed by atoms with E-state index in [0.29, 0.717) is 4.99 Å². The molecule has 0 amide bonds. The Hall–Kier alpha value is -1.04. The second-order valence-corrected chi connectivity index (χ2v) is 4.56. The van der Waals surface area contributed by atoms with E-state index in [9.17, 15) is 0 Å². The van der Waals surface area contributed by atoms with Gasteiger partial charge in [0.15, 0.2) is 0 Å². The first-order valence-corrected chi connectivity index (χ1v) is 6.22. The minimum Gasteiger partial charge on any atom is -0.388 e. The number of nitrogens with two attached hydrogens (primary N) is 1. The molecule has 0 saturated carbocycles. The summed E-state index contributed by atoms with van der Waals surface area (Å²) in [7, 11) is 0. The molecule has 2 rings (SSSR count). The maximum absolute atomic E-state index is 5.68. The molecular formula is C12H17N3OS. The first kappa shape index (κ1) is 12.4. The van der Waals surface area contributed by atoms with Gasteiger partial charge >= 0.3 is 0 Å². The van der Waals surface area contributed by atoms with Gasteiger partial charge in [-0.1, -0.05) is 18.3 Å². The summed E-state index contributed by atoms with van der Waals surface area (Å²) in [4.78, 5) is 6.96. The van der Waals surface area contributed by atoms with Gasteiger partial charge in [0, 0.05) is 32.4 Å². The zero-order valence-corrected chi connectivity index (χ0v) is 10.6. The first-order valence-electron chi connectivity index (χ1n) is 5.81. The number of thiocarbonyl (C=S) groups is 1. The van der Waals surface area contributed by atoms with Crippen molar-refractivity contribution in [3.8, 4) is 0 Å². The van der Waals surface area contributed by atoms with Crippen molar-refractivity contribution in [2.24, 2.45) is 5.73 Å². The van der Waals surface area contributed by atoms with Gasteiger partial charge in [0.25, 0.3) is 0 Å². The van der Waals surface area contributed by atoms with E-state index in [1.807, 2.05) is 12.1 Å². The Labute approximate surface area is 107 Å². The highest BCUT2D eigenvalue weighted by Gasteiger charge is 2.13. The maximum atomic E-state index is 5.68. The fraction of sp³-hybridized carbons (Fsp3) is 0.500. The van der Waals surface area contributed by atoms with Crippen molar-refractivity contribution in [2.45, 2.75) is 13.0 Å². The third kappa shape index (κ3) is 3.46. The van der Waals surface area contributed by atoms with Crippen LogP contribution in [0, 0.1) is 0 Å². The lowest BCUT2D eigenvalue weighted by Gasteiger charge is -2.20. The molecule has 2 N–H and O–H groups in total. The molecular weight excluding hydrogens is 234 g/mol. The molecule has 0 atom stereocenters. The molecule has 4 nitrogen and oxygen atoms in total. The number of pyridine rings is 1. The first-order chi connectivity index (χ1) is 8.27. The van der Waals surface area contributed by atoms with Crippen molar-refractivity contribution in [1.82, 2.24) is 9.88 Å². The molecule has 1 saturated heterocycles. The smallest absolute Gasteiger partial charge is 0.123 e. The molecule has 5 heteroatoms. The molecule has 0 aromatic carbocycles. The van der Waals surface area contributed by atoms with E-state index in [0.717, 1.165) is 50.5 Å². The predicted molar refractivity (Wildman–Crippen MR) is 70.8 cm³/mol. The highest BCUT2D eigenvalue weighted by molar-refractivity contribution is 7.80. The van der Waals surface area contributed by atoms with Crippen LogP contribution in [-0.2, 0) is 11.3 Å². The Morgan fingerprint density at radius 2 is 2.35 bits per heavy atom. The van der Waals surface area contributed by atoms with E-state index in [1.54, 1.807) is 6.20 Å². The second-order valence-electron chi connectivity index (χ2n) is 4.12. The van der Waals surface area contributed by atoms with Crippen LogP contribution in [-0.4, -0.2) is 41.2 Å². The largest absolute Gasteiger partial charge is 0.388 e. The van der Waals surface area contributed by atoms with Gasteiger partial charge < -0.3 is 10.5 Å². The van der Waals surface area contributed by atoms with Crippen LogP contribution in [0.5, 0.6) is 0 Å². The molecule has 2 heterocycles. The highest BCUT2D eigenvalue weighted by Crippen LogP contribution is 2.11. The lowest BCUT2D eigenvalue weighted by atomic mass is 10.1. The molecule has 0 spiro atoms. The zero-order valence-electron chi connectivity index (χ0n) is 9.76. The van der Waals surface area contributed by atoms with Crippen LogP contribution >= 0.6 is 12.2 Å². The summed E-state index contributed by atoms with van der Waals surface area (Å²) in [5.74, 6) is 0. The van der Waals surface area contributed by atoms with Crippen molar-refractivity contribution in [3.63, 3.8) is 0 Å². The fourth-order valence-corrected chi connectivity index (χ4v) is 2.17. The molecule has 1 aromatic heterocycles. The normalized spacial score (nSPS) is 17.6. The lowest BCUT2D eigenvalue weighted by molar-refractivity contribution is 0.140. The number of aromatic nitrogens is 1. The minimum absolute atomic E-state index is 0.367. The molecule has 1 aromatic rings. The highest BCUT2D eigenvalue weighted by atomic mass is 32.1. The average molecular weight is 251 g/mol. The van der Waals surface area contributed by atoms with Crippen LogP contribution in [0.2, 0.25) is 0 Å². The van der Waals surface area contributed by atoms with E-state index < -0.39 is 0 Å². The van der Waals surface area contributed by atoms with Crippen LogP contribution in [0.4, 0.5) is 0 Å². The summed E-state index contributed by atoms with van der Waals surface area (Å²) in [5, 5.41) is 0. The summed E-state index contributed by atoms with van der Waals surface area (Å²) in [6.07, 6.45) is 2.80. The average Bonchev–Trinajstić information content (AvgIpc) is 2.58. The molecule has 1 fully saturated rings. The number of hydrogen-bond donors (Lipinski definition) is 1. The van der Waals surface area contributed by atoms with Gasteiger partial charge in [-0.3, -0.25) is 9.88 Å². The van der Waals surface area contributed by atoms with Gasteiger partial charge in [0.2, 0.25) is 0 Å². The lowest BCUT2D eigenvalue weighted by Crippen LogP contribution is -2.27. The molecule has 17 heavy (non-hydrogen) atoms. The number of hydrogen-bond acceptors (Lipinski definition) is 4. The summed E-state index contributed by atoms with van der Waals surface area (Å²) < 4.78 is 5.43. The van der Waals surface area contributed by atoms with E-state index >= 15 is 0 Å². The Morgan fingerprint density at radius 1 is 1.47 bits per heavy atom. The molecule has 0 unspecified atom stereocenters. The SMILES string of the molecule is NC(=S)c1ncccc1CN1CCCOCC1. The van der Waals surface area contributed by atoms with Gasteiger partial charge in [0.1, 0.15) is 10.7 Å². The zero-order chi connectivity index (χ0) is 12.1. The quantitative estimate of drug-likeness (QED) is 0.810. The second kappa shape index (κ2) is 6.05. The van der Waals surface area contributed by atoms with E-state index in [1.165, 1.54) is 0 Å². The predicted octanol–water partition coefficient (Wildman–Crippen LogP) is 0.938. The monoisotopic (exact) mass is 251 g/mol. The molecule has 1 aliphatic rings. The van der Waals surface area contributed by atoms with E-state index in [2.05, 4.69) is 9.88 Å². The maximum Gasteiger partial charge on any atom is 0.123 e. The van der Waals surface area contributed by atoms with Crippen LogP contribution in [0.15, 0.2) is 18.3 Å². The third-order valence-electron chi connectivity index (χ3n) is 2.83. The Kier molecular flexibility index (Phi) is 4.42. The van der Waals surface area contributed by atoms with Crippen molar-refractivity contribution in [3.05, 3.63) is 29.6 Å². The van der Waals surface area contributed by atoms with Gasteiger partial charge in [-0.2, -0.15) is 0 Å². The Balaban J connectivity index is 2.09. The Bertz CT molecular complexity index is 389. The Morgan fingerprint density at radius 3 is 3.18 bits per heavy atom.